The molecule has 0 heterocycles. The van der Waals surface area contributed by atoms with Crippen LogP contribution in [-0.4, -0.2) is 25.5 Å². The third-order valence-electron chi connectivity index (χ3n) is 2.72. The highest BCUT2D eigenvalue weighted by atomic mass is 35.5. The molecule has 18 heavy (non-hydrogen) atoms. The standard InChI is InChI=1S/C14H21NO2.ClH/c1-4-6-13(15-5-2)14(16)11-7-9-12(17-3)10-8-11;/h7-10,13,15H,4-6H2,1-3H3;1H. The lowest BCUT2D eigenvalue weighted by Gasteiger charge is -2.15. The largest absolute Gasteiger partial charge is 0.497 e. The Balaban J connectivity index is 0.00000289. The van der Waals surface area contributed by atoms with E-state index in [9.17, 15) is 4.79 Å². The average molecular weight is 272 g/mol. The Kier molecular flexibility index (Phi) is 8.42. The van der Waals surface area contributed by atoms with E-state index in [2.05, 4.69) is 12.2 Å². The Morgan fingerprint density at radius 2 is 1.89 bits per heavy atom. The summed E-state index contributed by atoms with van der Waals surface area (Å²) in [5.74, 6) is 0.938. The van der Waals surface area contributed by atoms with Crippen LogP contribution in [0.1, 0.15) is 37.0 Å². The molecule has 4 heteroatoms. The van der Waals surface area contributed by atoms with Gasteiger partial charge in [-0.15, -0.1) is 12.4 Å². The minimum absolute atomic E-state index is 0. The molecular formula is C14H22ClNO2. The van der Waals surface area contributed by atoms with Crippen LogP contribution in [0.4, 0.5) is 0 Å². The lowest BCUT2D eigenvalue weighted by atomic mass is 10.0. The summed E-state index contributed by atoms with van der Waals surface area (Å²) in [4.78, 5) is 12.2. The normalized spacial score (nSPS) is 11.5. The van der Waals surface area contributed by atoms with Crippen LogP contribution in [0.15, 0.2) is 24.3 Å². The van der Waals surface area contributed by atoms with Crippen LogP contribution >= 0.6 is 12.4 Å². The maximum absolute atomic E-state index is 12.2. The number of methoxy groups -OCH3 is 1. The highest BCUT2D eigenvalue weighted by Crippen LogP contribution is 2.14. The van der Waals surface area contributed by atoms with E-state index in [0.29, 0.717) is 0 Å². The molecule has 1 N–H and O–H groups in total. The number of rotatable bonds is 7. The fraction of sp³-hybridized carbons (Fsp3) is 0.500. The molecule has 0 aliphatic heterocycles. The Bertz CT molecular complexity index is 345. The molecule has 0 saturated carbocycles. The van der Waals surface area contributed by atoms with Gasteiger partial charge in [-0.05, 0) is 37.2 Å². The van der Waals surface area contributed by atoms with Gasteiger partial charge in [0.05, 0.1) is 13.2 Å². The molecule has 1 rings (SSSR count). The second kappa shape index (κ2) is 8.95. The lowest BCUT2D eigenvalue weighted by molar-refractivity contribution is 0.0938. The molecule has 0 bridgehead atoms. The maximum Gasteiger partial charge on any atom is 0.179 e. The van der Waals surface area contributed by atoms with Crippen LogP contribution in [0.5, 0.6) is 5.75 Å². The maximum atomic E-state index is 12.2. The number of ketones is 1. The third-order valence-corrected chi connectivity index (χ3v) is 2.72. The number of Topliss-reactive ketones (excluding diaryl/α,β-unsaturated/α-hetero) is 1. The molecule has 0 aromatic heterocycles. The van der Waals surface area contributed by atoms with Crippen LogP contribution in [0, 0.1) is 0 Å². The highest BCUT2D eigenvalue weighted by Gasteiger charge is 2.17. The number of halogens is 1. The van der Waals surface area contributed by atoms with E-state index in [4.69, 9.17) is 4.74 Å². The van der Waals surface area contributed by atoms with Gasteiger partial charge in [0.25, 0.3) is 0 Å². The minimum Gasteiger partial charge on any atom is -0.497 e. The predicted octanol–water partition coefficient (Wildman–Crippen LogP) is 3.08. The fourth-order valence-electron chi connectivity index (χ4n) is 1.82. The summed E-state index contributed by atoms with van der Waals surface area (Å²) in [5.41, 5.74) is 0.741. The Labute approximate surface area is 115 Å². The average Bonchev–Trinajstić information content (AvgIpc) is 2.38. The molecule has 1 atom stereocenters. The molecule has 1 aromatic carbocycles. The zero-order valence-electron chi connectivity index (χ0n) is 11.2. The van der Waals surface area contributed by atoms with Crippen LogP contribution in [0.25, 0.3) is 0 Å². The Hall–Kier alpha value is -1.06. The van der Waals surface area contributed by atoms with Crippen molar-refractivity contribution in [3.8, 4) is 5.75 Å². The van der Waals surface area contributed by atoms with Crippen molar-refractivity contribution in [1.29, 1.82) is 0 Å². The van der Waals surface area contributed by atoms with Gasteiger partial charge in [-0.25, -0.2) is 0 Å². The molecule has 0 aliphatic rings. The topological polar surface area (TPSA) is 38.3 Å². The van der Waals surface area contributed by atoms with E-state index in [-0.39, 0.29) is 24.2 Å². The van der Waals surface area contributed by atoms with Crippen LogP contribution in [0.2, 0.25) is 0 Å². The highest BCUT2D eigenvalue weighted by molar-refractivity contribution is 6.00. The third kappa shape index (κ3) is 4.67. The van der Waals surface area contributed by atoms with E-state index in [1.807, 2.05) is 31.2 Å². The summed E-state index contributed by atoms with van der Waals surface area (Å²) in [7, 11) is 1.62. The SMILES string of the molecule is CCCC(NCC)C(=O)c1ccc(OC)cc1.Cl. The molecule has 0 spiro atoms. The van der Waals surface area contributed by atoms with Gasteiger partial charge in [0.15, 0.2) is 5.78 Å². The zero-order valence-corrected chi connectivity index (χ0v) is 12.0. The number of carbonyl (C=O) groups excluding carboxylic acids is 1. The molecule has 3 nitrogen and oxygen atoms in total. The molecule has 0 saturated heterocycles. The number of nitrogens with one attached hydrogen (secondary N) is 1. The zero-order chi connectivity index (χ0) is 12.7. The summed E-state index contributed by atoms with van der Waals surface area (Å²) in [5, 5.41) is 3.23. The Morgan fingerprint density at radius 1 is 1.28 bits per heavy atom. The number of ether oxygens (including phenoxy) is 1. The van der Waals surface area contributed by atoms with E-state index in [1.54, 1.807) is 7.11 Å². The Morgan fingerprint density at radius 3 is 2.33 bits per heavy atom. The van der Waals surface area contributed by atoms with Crippen molar-refractivity contribution in [2.45, 2.75) is 32.7 Å². The van der Waals surface area contributed by atoms with E-state index in [0.717, 1.165) is 30.7 Å². The molecule has 1 unspecified atom stereocenters. The smallest absolute Gasteiger partial charge is 0.179 e. The summed E-state index contributed by atoms with van der Waals surface area (Å²) in [6.07, 6.45) is 1.87. The minimum atomic E-state index is -0.0709. The molecule has 0 radical (unpaired) electrons. The van der Waals surface area contributed by atoms with Crippen molar-refractivity contribution in [3.05, 3.63) is 29.8 Å². The first kappa shape index (κ1) is 16.9. The van der Waals surface area contributed by atoms with Crippen LogP contribution < -0.4 is 10.1 Å². The fourth-order valence-corrected chi connectivity index (χ4v) is 1.82. The van der Waals surface area contributed by atoms with Crippen molar-refractivity contribution >= 4 is 18.2 Å². The summed E-state index contributed by atoms with van der Waals surface area (Å²) >= 11 is 0. The first-order chi connectivity index (χ1) is 8.22. The second-order valence-corrected chi connectivity index (χ2v) is 3.99. The molecule has 1 aromatic rings. The van der Waals surface area contributed by atoms with E-state index >= 15 is 0 Å². The van der Waals surface area contributed by atoms with Gasteiger partial charge in [0.2, 0.25) is 0 Å². The lowest BCUT2D eigenvalue weighted by Crippen LogP contribution is -2.36. The summed E-state index contributed by atoms with van der Waals surface area (Å²) < 4.78 is 5.08. The first-order valence-electron chi connectivity index (χ1n) is 6.14. The van der Waals surface area contributed by atoms with E-state index < -0.39 is 0 Å². The van der Waals surface area contributed by atoms with Gasteiger partial charge in [0, 0.05) is 5.56 Å². The van der Waals surface area contributed by atoms with Crippen molar-refractivity contribution in [2.24, 2.45) is 0 Å². The number of hydrogen-bond acceptors (Lipinski definition) is 3. The molecule has 0 fully saturated rings. The molecule has 0 amide bonds. The van der Waals surface area contributed by atoms with Gasteiger partial charge in [-0.2, -0.15) is 0 Å². The molecule has 102 valence electrons. The van der Waals surface area contributed by atoms with Gasteiger partial charge >= 0.3 is 0 Å². The monoisotopic (exact) mass is 271 g/mol. The summed E-state index contributed by atoms with van der Waals surface area (Å²) in [6.45, 7) is 4.92. The second-order valence-electron chi connectivity index (χ2n) is 3.99. The first-order valence-corrected chi connectivity index (χ1v) is 6.14. The van der Waals surface area contributed by atoms with Crippen molar-refractivity contribution in [2.75, 3.05) is 13.7 Å². The van der Waals surface area contributed by atoms with Crippen LogP contribution in [-0.2, 0) is 0 Å². The van der Waals surface area contributed by atoms with Gasteiger partial charge in [-0.1, -0.05) is 20.3 Å². The van der Waals surface area contributed by atoms with Crippen molar-refractivity contribution < 1.29 is 9.53 Å². The molecule has 0 aliphatic carbocycles. The van der Waals surface area contributed by atoms with E-state index in [1.165, 1.54) is 0 Å². The number of likely N-dealkylation sites (N-methyl/N-ethyl adjacent to an activating group) is 1. The number of carbonyl (C=O) groups is 1. The predicted molar refractivity (Wildman–Crippen MR) is 76.9 cm³/mol. The van der Waals surface area contributed by atoms with Gasteiger partial charge < -0.3 is 10.1 Å². The van der Waals surface area contributed by atoms with Crippen molar-refractivity contribution in [3.63, 3.8) is 0 Å². The quantitative estimate of drug-likeness (QED) is 0.775. The van der Waals surface area contributed by atoms with Gasteiger partial charge in [0.1, 0.15) is 5.75 Å². The number of benzene rings is 1. The summed E-state index contributed by atoms with van der Waals surface area (Å²) in [6, 6.07) is 7.21. The molecular weight excluding hydrogens is 250 g/mol. The van der Waals surface area contributed by atoms with Crippen LogP contribution in [0.3, 0.4) is 0 Å². The van der Waals surface area contributed by atoms with Crippen molar-refractivity contribution in [1.82, 2.24) is 5.32 Å². The number of hydrogen-bond donors (Lipinski definition) is 1. The van der Waals surface area contributed by atoms with Gasteiger partial charge in [-0.3, -0.25) is 4.79 Å².